The number of anilines is 1. The van der Waals surface area contributed by atoms with Crippen LogP contribution in [0.1, 0.15) is 54.8 Å². The Morgan fingerprint density at radius 2 is 1.56 bits per heavy atom. The number of fused-ring (bicyclic) bond motifs is 2. The highest BCUT2D eigenvalue weighted by Gasteiger charge is 2.10. The Hall–Kier alpha value is -3.40. The highest BCUT2D eigenvalue weighted by molar-refractivity contribution is 7.28. The third-order valence-corrected chi connectivity index (χ3v) is 8.29. The summed E-state index contributed by atoms with van der Waals surface area (Å²) in [5.74, 6) is -1.19. The van der Waals surface area contributed by atoms with Gasteiger partial charge in [-0.2, -0.15) is 0 Å². The summed E-state index contributed by atoms with van der Waals surface area (Å²) >= 11 is 3.17. The molecule has 0 radical (unpaired) electrons. The molecule has 4 nitrogen and oxygen atoms in total. The lowest BCUT2D eigenvalue weighted by Gasteiger charge is -2.25. The molecule has 4 aromatic rings. The SMILES string of the molecule is [C-]#[N+]/C(=C\c1cc2sc(/C=C/c3ccc4cc(N(CCCC)CCCC)ccc4c3)cc2s1)C(=O)O. The molecule has 184 valence electrons. The number of hydrogen-bond acceptors (Lipinski definition) is 4. The van der Waals surface area contributed by atoms with Crippen molar-refractivity contribution in [2.45, 2.75) is 39.5 Å². The summed E-state index contributed by atoms with van der Waals surface area (Å²) in [6.07, 6.45) is 10.6. The number of carboxylic acid groups (broad SMARTS) is 1. The highest BCUT2D eigenvalue weighted by atomic mass is 32.1. The minimum Gasteiger partial charge on any atom is -0.486 e. The zero-order chi connectivity index (χ0) is 25.5. The number of thiophene rings is 2. The topological polar surface area (TPSA) is 44.9 Å². The van der Waals surface area contributed by atoms with Crippen LogP contribution in [0.3, 0.4) is 0 Å². The fraction of sp³-hybridized carbons (Fsp3) is 0.267. The Morgan fingerprint density at radius 1 is 0.917 bits per heavy atom. The first-order valence-electron chi connectivity index (χ1n) is 12.3. The molecule has 4 rings (SSSR count). The van der Waals surface area contributed by atoms with Crippen molar-refractivity contribution in [3.05, 3.63) is 81.0 Å². The summed E-state index contributed by atoms with van der Waals surface area (Å²) in [5.41, 5.74) is 2.21. The summed E-state index contributed by atoms with van der Waals surface area (Å²) in [4.78, 5) is 18.6. The van der Waals surface area contributed by atoms with Crippen molar-refractivity contribution in [2.75, 3.05) is 18.0 Å². The minimum atomic E-state index is -1.19. The molecule has 0 spiro atoms. The number of aliphatic carboxylic acids is 1. The molecule has 0 bridgehead atoms. The highest BCUT2D eigenvalue weighted by Crippen LogP contribution is 2.35. The fourth-order valence-corrected chi connectivity index (χ4v) is 6.36. The average Bonchev–Trinajstić information content (AvgIpc) is 3.44. The Kier molecular flexibility index (Phi) is 8.58. The second-order valence-electron chi connectivity index (χ2n) is 8.79. The molecule has 0 atom stereocenters. The van der Waals surface area contributed by atoms with Crippen molar-refractivity contribution in [1.29, 1.82) is 0 Å². The third-order valence-electron chi connectivity index (χ3n) is 6.08. The summed E-state index contributed by atoms with van der Waals surface area (Å²) in [7, 11) is 0. The number of hydrogen-bond donors (Lipinski definition) is 1. The number of rotatable bonds is 11. The second kappa shape index (κ2) is 12.0. The molecule has 0 saturated heterocycles. The van der Waals surface area contributed by atoms with E-state index in [2.05, 4.69) is 78.2 Å². The van der Waals surface area contributed by atoms with Crippen molar-refractivity contribution >= 4 is 72.7 Å². The van der Waals surface area contributed by atoms with E-state index in [-0.39, 0.29) is 5.70 Å². The van der Waals surface area contributed by atoms with E-state index in [9.17, 15) is 4.79 Å². The molecule has 0 aliphatic rings. The summed E-state index contributed by atoms with van der Waals surface area (Å²) in [6.45, 7) is 13.7. The van der Waals surface area contributed by atoms with Gasteiger partial charge in [-0.1, -0.05) is 51.0 Å². The number of benzene rings is 2. The van der Waals surface area contributed by atoms with Crippen LogP contribution in [0.2, 0.25) is 0 Å². The van der Waals surface area contributed by atoms with Gasteiger partial charge in [-0.3, -0.25) is 4.79 Å². The van der Waals surface area contributed by atoms with E-state index in [1.807, 2.05) is 6.07 Å². The maximum Gasteiger partial charge on any atom is 0.333 e. The zero-order valence-corrected chi connectivity index (χ0v) is 22.3. The molecule has 0 unspecified atom stereocenters. The molecule has 0 fully saturated rings. The molecule has 2 heterocycles. The predicted octanol–water partition coefficient (Wildman–Crippen LogP) is 9.04. The van der Waals surface area contributed by atoms with E-state index in [1.54, 1.807) is 11.3 Å². The first-order chi connectivity index (χ1) is 17.5. The van der Waals surface area contributed by atoms with Crippen LogP contribution in [0.5, 0.6) is 0 Å². The van der Waals surface area contributed by atoms with E-state index in [0.717, 1.165) is 37.8 Å². The predicted molar refractivity (Wildman–Crippen MR) is 157 cm³/mol. The molecular weight excluding hydrogens is 484 g/mol. The zero-order valence-electron chi connectivity index (χ0n) is 20.7. The van der Waals surface area contributed by atoms with Crippen LogP contribution < -0.4 is 4.90 Å². The molecule has 1 N–H and O–H groups in total. The fourth-order valence-electron chi connectivity index (χ4n) is 4.10. The Morgan fingerprint density at radius 3 is 2.22 bits per heavy atom. The first-order valence-corrected chi connectivity index (χ1v) is 14.0. The van der Waals surface area contributed by atoms with Crippen molar-refractivity contribution in [1.82, 2.24) is 0 Å². The van der Waals surface area contributed by atoms with E-state index < -0.39 is 5.97 Å². The van der Waals surface area contributed by atoms with Gasteiger partial charge < -0.3 is 10.0 Å². The van der Waals surface area contributed by atoms with Gasteiger partial charge in [0.05, 0.1) is 6.57 Å². The molecule has 0 aliphatic carbocycles. The maximum absolute atomic E-state index is 11.1. The molecule has 2 aromatic carbocycles. The molecular formula is C30H30N2O2S2. The minimum absolute atomic E-state index is 0.262. The summed E-state index contributed by atoms with van der Waals surface area (Å²) < 4.78 is 2.20. The number of nitrogens with zero attached hydrogens (tertiary/aromatic N) is 2. The number of carbonyl (C=O) groups is 1. The van der Waals surface area contributed by atoms with E-state index in [1.165, 1.54) is 59.6 Å². The second-order valence-corrected chi connectivity index (χ2v) is 11.0. The average molecular weight is 515 g/mol. The van der Waals surface area contributed by atoms with Crippen LogP contribution in [0, 0.1) is 6.57 Å². The maximum atomic E-state index is 11.1. The number of carboxylic acids is 1. The standard InChI is InChI=1S/C30H30N2O2S2/c1-4-6-14-32(15-7-5-2)24-12-11-22-16-21(8-10-23(22)17-24)9-13-25-19-28-29(35-25)20-26(36-28)18-27(31-3)30(33)34/h8-13,16-20H,4-7,14-15H2,1-2H3,(H,33,34)/b13-9+,27-18-. The molecule has 36 heavy (non-hydrogen) atoms. The van der Waals surface area contributed by atoms with Crippen molar-refractivity contribution in [2.24, 2.45) is 0 Å². The molecule has 0 saturated carbocycles. The molecule has 6 heteroatoms. The van der Waals surface area contributed by atoms with Gasteiger partial charge in [-0.05, 0) is 71.7 Å². The first kappa shape index (κ1) is 25.7. The van der Waals surface area contributed by atoms with Crippen molar-refractivity contribution in [3.8, 4) is 0 Å². The lowest BCUT2D eigenvalue weighted by Crippen LogP contribution is -2.25. The van der Waals surface area contributed by atoms with E-state index >= 15 is 0 Å². The Labute approximate surface area is 220 Å². The van der Waals surface area contributed by atoms with E-state index in [4.69, 9.17) is 11.7 Å². The normalized spacial score (nSPS) is 12.0. The van der Waals surface area contributed by atoms with Gasteiger partial charge >= 0.3 is 5.97 Å². The third kappa shape index (κ3) is 6.23. The van der Waals surface area contributed by atoms with Gasteiger partial charge in [-0.15, -0.1) is 22.7 Å². The summed E-state index contributed by atoms with van der Waals surface area (Å²) in [6, 6.07) is 17.5. The van der Waals surface area contributed by atoms with Crippen LogP contribution in [0.25, 0.3) is 43.2 Å². The van der Waals surface area contributed by atoms with Crippen LogP contribution in [0.15, 0.2) is 54.2 Å². The van der Waals surface area contributed by atoms with Crippen LogP contribution in [0.4, 0.5) is 5.69 Å². The quantitative estimate of drug-likeness (QED) is 0.160. The monoisotopic (exact) mass is 514 g/mol. The number of unbranched alkanes of at least 4 members (excludes halogenated alkanes) is 2. The van der Waals surface area contributed by atoms with E-state index in [0.29, 0.717) is 0 Å². The van der Waals surface area contributed by atoms with Gasteiger partial charge in [0.1, 0.15) is 0 Å². The lowest BCUT2D eigenvalue weighted by molar-refractivity contribution is -0.132. The van der Waals surface area contributed by atoms with Crippen molar-refractivity contribution < 1.29 is 9.90 Å². The van der Waals surface area contributed by atoms with Crippen LogP contribution >= 0.6 is 22.7 Å². The summed E-state index contributed by atoms with van der Waals surface area (Å²) in [5, 5.41) is 11.6. The van der Waals surface area contributed by atoms with Gasteiger partial charge in [0.2, 0.25) is 0 Å². The van der Waals surface area contributed by atoms with Gasteiger partial charge in [0.15, 0.2) is 0 Å². The molecule has 0 aliphatic heterocycles. The lowest BCUT2D eigenvalue weighted by atomic mass is 10.0. The Bertz CT molecular complexity index is 1430. The van der Waals surface area contributed by atoms with Crippen molar-refractivity contribution in [3.63, 3.8) is 0 Å². The largest absolute Gasteiger partial charge is 0.486 e. The van der Waals surface area contributed by atoms with Crippen LogP contribution in [-0.2, 0) is 4.79 Å². The molecule has 0 amide bonds. The Balaban J connectivity index is 1.50. The van der Waals surface area contributed by atoms with Gasteiger partial charge in [-0.25, -0.2) is 4.85 Å². The van der Waals surface area contributed by atoms with Crippen LogP contribution in [-0.4, -0.2) is 24.2 Å². The van der Waals surface area contributed by atoms with Gasteiger partial charge in [0.25, 0.3) is 5.70 Å². The van der Waals surface area contributed by atoms with Gasteiger partial charge in [0, 0.05) is 37.9 Å². The molecule has 2 aromatic heterocycles. The smallest absolute Gasteiger partial charge is 0.333 e.